The van der Waals surface area contributed by atoms with Gasteiger partial charge < -0.3 is 14.4 Å². The lowest BCUT2D eigenvalue weighted by Gasteiger charge is -2.23. The number of aliphatic hydroxyl groups is 1. The minimum Gasteiger partial charge on any atom is -0.393 e. The number of rotatable bonds is 5. The molecule has 0 amide bonds. The van der Waals surface area contributed by atoms with Gasteiger partial charge in [0, 0.05) is 7.11 Å². The number of ether oxygens (including phenoxy) is 1. The Labute approximate surface area is 114 Å². The number of hydrogen-bond donors (Lipinski definition) is 1. The second-order valence-electron chi connectivity index (χ2n) is 5.87. The van der Waals surface area contributed by atoms with Crippen LogP contribution in [0.25, 0.3) is 0 Å². The Morgan fingerprint density at radius 2 is 1.89 bits per heavy atom. The Hall–Kier alpha value is -0.940. The van der Waals surface area contributed by atoms with Crippen LogP contribution >= 0.6 is 0 Å². The van der Waals surface area contributed by atoms with Gasteiger partial charge in [0.05, 0.1) is 12.0 Å². The van der Waals surface area contributed by atoms with Crippen LogP contribution in [0.15, 0.2) is 4.52 Å². The lowest BCUT2D eigenvalue weighted by atomic mass is 9.91. The smallest absolute Gasteiger partial charge is 0.232 e. The van der Waals surface area contributed by atoms with Crippen molar-refractivity contribution in [2.45, 2.75) is 64.1 Å². The maximum absolute atomic E-state index is 9.87. The fourth-order valence-electron chi connectivity index (χ4n) is 3.07. The van der Waals surface area contributed by atoms with Crippen molar-refractivity contribution in [3.63, 3.8) is 0 Å². The topological polar surface area (TPSA) is 68.4 Å². The van der Waals surface area contributed by atoms with Crippen LogP contribution < -0.4 is 0 Å². The van der Waals surface area contributed by atoms with Crippen LogP contribution in [0.4, 0.5) is 0 Å². The fraction of sp³-hybridized carbons (Fsp3) is 0.857. The zero-order valence-electron chi connectivity index (χ0n) is 12.2. The zero-order valence-corrected chi connectivity index (χ0v) is 12.2. The van der Waals surface area contributed by atoms with Gasteiger partial charge >= 0.3 is 0 Å². The van der Waals surface area contributed by atoms with Crippen LogP contribution in [0.3, 0.4) is 0 Å². The molecule has 1 aromatic heterocycles. The van der Waals surface area contributed by atoms with E-state index in [4.69, 9.17) is 9.26 Å². The molecule has 1 fully saturated rings. The molecule has 0 aliphatic heterocycles. The summed E-state index contributed by atoms with van der Waals surface area (Å²) >= 11 is 0. The minimum absolute atomic E-state index is 0.128. The van der Waals surface area contributed by atoms with Crippen LogP contribution in [-0.4, -0.2) is 28.5 Å². The van der Waals surface area contributed by atoms with Gasteiger partial charge in [-0.15, -0.1) is 0 Å². The SMILES string of the molecule is COC1(c2noc(C(C(C)C)C(C)O)n2)CCCC1. The van der Waals surface area contributed by atoms with E-state index in [1.807, 2.05) is 13.8 Å². The van der Waals surface area contributed by atoms with E-state index in [0.717, 1.165) is 25.7 Å². The highest BCUT2D eigenvalue weighted by Crippen LogP contribution is 2.40. The molecular formula is C14H24N2O3. The third-order valence-electron chi connectivity index (χ3n) is 4.17. The molecule has 0 spiro atoms. The van der Waals surface area contributed by atoms with Crippen molar-refractivity contribution in [1.29, 1.82) is 0 Å². The molecule has 19 heavy (non-hydrogen) atoms. The van der Waals surface area contributed by atoms with Crippen LogP contribution in [-0.2, 0) is 10.3 Å². The molecule has 2 unspecified atom stereocenters. The van der Waals surface area contributed by atoms with Gasteiger partial charge in [-0.25, -0.2) is 0 Å². The Balaban J connectivity index is 2.27. The molecule has 2 atom stereocenters. The molecule has 5 heteroatoms. The quantitative estimate of drug-likeness (QED) is 0.889. The first-order chi connectivity index (χ1) is 9.00. The van der Waals surface area contributed by atoms with Crippen LogP contribution in [0.1, 0.15) is 64.1 Å². The Morgan fingerprint density at radius 1 is 1.26 bits per heavy atom. The van der Waals surface area contributed by atoms with E-state index in [9.17, 15) is 5.11 Å². The molecule has 1 aliphatic rings. The van der Waals surface area contributed by atoms with E-state index < -0.39 is 6.10 Å². The first-order valence-electron chi connectivity index (χ1n) is 7.07. The summed E-state index contributed by atoms with van der Waals surface area (Å²) < 4.78 is 11.0. The fourth-order valence-corrected chi connectivity index (χ4v) is 3.07. The predicted octanol–water partition coefficient (Wildman–Crippen LogP) is 2.61. The van der Waals surface area contributed by atoms with Gasteiger partial charge in [0.15, 0.2) is 0 Å². The molecular weight excluding hydrogens is 244 g/mol. The highest BCUT2D eigenvalue weighted by molar-refractivity contribution is 5.07. The van der Waals surface area contributed by atoms with Crippen molar-refractivity contribution in [3.8, 4) is 0 Å². The number of aliphatic hydroxyl groups excluding tert-OH is 1. The van der Waals surface area contributed by atoms with Gasteiger partial charge in [-0.05, 0) is 38.5 Å². The molecule has 1 N–H and O–H groups in total. The second-order valence-corrected chi connectivity index (χ2v) is 5.87. The third-order valence-corrected chi connectivity index (χ3v) is 4.17. The van der Waals surface area contributed by atoms with Gasteiger partial charge in [-0.2, -0.15) is 4.98 Å². The molecule has 1 saturated carbocycles. The predicted molar refractivity (Wildman–Crippen MR) is 70.7 cm³/mol. The Morgan fingerprint density at radius 3 is 2.37 bits per heavy atom. The van der Waals surface area contributed by atoms with Gasteiger partial charge in [0.2, 0.25) is 11.7 Å². The molecule has 2 rings (SSSR count). The first-order valence-corrected chi connectivity index (χ1v) is 7.07. The summed E-state index contributed by atoms with van der Waals surface area (Å²) in [7, 11) is 1.70. The number of nitrogens with zero attached hydrogens (tertiary/aromatic N) is 2. The van der Waals surface area contributed by atoms with E-state index >= 15 is 0 Å². The van der Waals surface area contributed by atoms with Crippen molar-refractivity contribution in [2.75, 3.05) is 7.11 Å². The maximum Gasteiger partial charge on any atom is 0.232 e. The van der Waals surface area contributed by atoms with E-state index in [-0.39, 0.29) is 17.4 Å². The van der Waals surface area contributed by atoms with Crippen LogP contribution in [0, 0.1) is 5.92 Å². The molecule has 1 aliphatic carbocycles. The van der Waals surface area contributed by atoms with E-state index in [1.165, 1.54) is 0 Å². The summed E-state index contributed by atoms with van der Waals surface area (Å²) in [6.07, 6.45) is 3.62. The van der Waals surface area contributed by atoms with Crippen LogP contribution in [0.5, 0.6) is 0 Å². The number of aromatic nitrogens is 2. The summed E-state index contributed by atoms with van der Waals surface area (Å²) in [5.74, 6) is 1.27. The van der Waals surface area contributed by atoms with Crippen molar-refractivity contribution in [2.24, 2.45) is 5.92 Å². The molecule has 0 radical (unpaired) electrons. The van der Waals surface area contributed by atoms with Crippen molar-refractivity contribution >= 4 is 0 Å². The summed E-state index contributed by atoms with van der Waals surface area (Å²) in [5, 5.41) is 14.0. The summed E-state index contributed by atoms with van der Waals surface area (Å²) in [6.45, 7) is 5.85. The minimum atomic E-state index is -0.504. The highest BCUT2D eigenvalue weighted by Gasteiger charge is 2.41. The molecule has 5 nitrogen and oxygen atoms in total. The average molecular weight is 268 g/mol. The van der Waals surface area contributed by atoms with Gasteiger partial charge in [0.25, 0.3) is 0 Å². The van der Waals surface area contributed by atoms with Crippen molar-refractivity contribution in [3.05, 3.63) is 11.7 Å². The maximum atomic E-state index is 9.87. The van der Waals surface area contributed by atoms with Crippen molar-refractivity contribution in [1.82, 2.24) is 10.1 Å². The van der Waals surface area contributed by atoms with Gasteiger partial charge in [-0.3, -0.25) is 0 Å². The normalized spacial score (nSPS) is 21.8. The Bertz CT molecular complexity index is 401. The van der Waals surface area contributed by atoms with E-state index in [0.29, 0.717) is 11.7 Å². The second kappa shape index (κ2) is 5.59. The summed E-state index contributed by atoms with van der Waals surface area (Å²) in [5.41, 5.74) is -0.387. The highest BCUT2D eigenvalue weighted by atomic mass is 16.5. The molecule has 0 aromatic carbocycles. The lowest BCUT2D eigenvalue weighted by molar-refractivity contribution is -0.0178. The molecule has 0 bridgehead atoms. The molecule has 108 valence electrons. The average Bonchev–Trinajstić information content (AvgIpc) is 2.96. The third kappa shape index (κ3) is 2.67. The molecule has 0 saturated heterocycles. The molecule has 1 aromatic rings. The van der Waals surface area contributed by atoms with Gasteiger partial charge in [-0.1, -0.05) is 19.0 Å². The lowest BCUT2D eigenvalue weighted by Crippen LogP contribution is -2.26. The van der Waals surface area contributed by atoms with Crippen molar-refractivity contribution < 1.29 is 14.4 Å². The van der Waals surface area contributed by atoms with E-state index in [1.54, 1.807) is 14.0 Å². The van der Waals surface area contributed by atoms with Gasteiger partial charge in [0.1, 0.15) is 5.60 Å². The largest absolute Gasteiger partial charge is 0.393 e. The number of hydrogen-bond acceptors (Lipinski definition) is 5. The van der Waals surface area contributed by atoms with Crippen LogP contribution in [0.2, 0.25) is 0 Å². The molecule has 1 heterocycles. The standard InChI is InChI=1S/C14H24N2O3/c1-9(2)11(10(3)17)12-15-13(16-19-12)14(18-4)7-5-6-8-14/h9-11,17H,5-8H2,1-4H3. The summed E-state index contributed by atoms with van der Waals surface area (Å²) in [4.78, 5) is 4.52. The Kier molecular flexibility index (Phi) is 4.26. The number of methoxy groups -OCH3 is 1. The zero-order chi connectivity index (χ0) is 14.0. The summed E-state index contributed by atoms with van der Waals surface area (Å²) in [6, 6.07) is 0. The first kappa shape index (κ1) is 14.5. The monoisotopic (exact) mass is 268 g/mol. The van der Waals surface area contributed by atoms with E-state index in [2.05, 4.69) is 10.1 Å².